The molecule has 0 aliphatic carbocycles. The van der Waals surface area contributed by atoms with Crippen LogP contribution in [-0.2, 0) is 11.2 Å². The number of carbonyl (C=O) groups excluding carboxylic acids is 1. The zero-order valence-corrected chi connectivity index (χ0v) is 11.8. The molecule has 3 heterocycles. The minimum atomic E-state index is 0.0122. The number of aromatic nitrogens is 2. The summed E-state index contributed by atoms with van der Waals surface area (Å²) in [5.74, 6) is 0.679. The third-order valence-corrected chi connectivity index (χ3v) is 3.99. The fourth-order valence-corrected chi connectivity index (χ4v) is 2.92. The zero-order chi connectivity index (χ0) is 13.8. The summed E-state index contributed by atoms with van der Waals surface area (Å²) in [6.45, 7) is 1.37. The number of thiophene rings is 1. The summed E-state index contributed by atoms with van der Waals surface area (Å²) in [6.07, 6.45) is 6.13. The van der Waals surface area contributed by atoms with Gasteiger partial charge >= 0.3 is 0 Å². The van der Waals surface area contributed by atoms with E-state index in [1.165, 1.54) is 0 Å². The average molecular weight is 289 g/mol. The predicted molar refractivity (Wildman–Crippen MR) is 75.7 cm³/mol. The van der Waals surface area contributed by atoms with E-state index < -0.39 is 0 Å². The SMILES string of the molecule is O=C(Cc1ccsc1)N1CCC(Oc2cnccn2)C1. The molecule has 104 valence electrons. The number of hydrogen-bond donors (Lipinski definition) is 0. The van der Waals surface area contributed by atoms with Crippen molar-refractivity contribution in [1.82, 2.24) is 14.9 Å². The van der Waals surface area contributed by atoms with E-state index in [1.54, 1.807) is 29.9 Å². The summed E-state index contributed by atoms with van der Waals surface area (Å²) in [5.41, 5.74) is 1.08. The van der Waals surface area contributed by atoms with Gasteiger partial charge in [-0.15, -0.1) is 0 Å². The molecule has 0 aromatic carbocycles. The second-order valence-electron chi connectivity index (χ2n) is 4.72. The van der Waals surface area contributed by atoms with Crippen LogP contribution >= 0.6 is 11.3 Å². The Kier molecular flexibility index (Phi) is 3.92. The molecule has 3 rings (SSSR count). The van der Waals surface area contributed by atoms with Crippen molar-refractivity contribution in [2.24, 2.45) is 0 Å². The fourth-order valence-electron chi connectivity index (χ4n) is 2.25. The van der Waals surface area contributed by atoms with Crippen LogP contribution in [0.25, 0.3) is 0 Å². The molecule has 1 amide bonds. The van der Waals surface area contributed by atoms with Gasteiger partial charge in [0.2, 0.25) is 11.8 Å². The molecule has 0 saturated carbocycles. The molecule has 5 nitrogen and oxygen atoms in total. The van der Waals surface area contributed by atoms with Gasteiger partial charge in [-0.2, -0.15) is 11.3 Å². The number of rotatable bonds is 4. The number of hydrogen-bond acceptors (Lipinski definition) is 5. The molecular weight excluding hydrogens is 274 g/mol. The second kappa shape index (κ2) is 6.00. The van der Waals surface area contributed by atoms with Crippen LogP contribution in [0.5, 0.6) is 5.88 Å². The standard InChI is InChI=1S/C14H15N3O2S/c18-14(7-11-2-6-20-10-11)17-5-1-12(9-17)19-13-8-15-3-4-16-13/h2-4,6,8,10,12H,1,5,7,9H2. The highest BCUT2D eigenvalue weighted by molar-refractivity contribution is 7.07. The molecule has 0 N–H and O–H groups in total. The van der Waals surface area contributed by atoms with Crippen LogP contribution in [0.15, 0.2) is 35.4 Å². The molecular formula is C14H15N3O2S. The van der Waals surface area contributed by atoms with Crippen molar-refractivity contribution < 1.29 is 9.53 Å². The third-order valence-electron chi connectivity index (χ3n) is 3.26. The van der Waals surface area contributed by atoms with E-state index >= 15 is 0 Å². The highest BCUT2D eigenvalue weighted by atomic mass is 32.1. The van der Waals surface area contributed by atoms with E-state index in [2.05, 4.69) is 9.97 Å². The maximum atomic E-state index is 12.2. The lowest BCUT2D eigenvalue weighted by molar-refractivity contribution is -0.129. The van der Waals surface area contributed by atoms with Crippen LogP contribution in [0.3, 0.4) is 0 Å². The van der Waals surface area contributed by atoms with Crippen molar-refractivity contribution in [2.75, 3.05) is 13.1 Å². The Morgan fingerprint density at radius 2 is 2.45 bits per heavy atom. The molecule has 0 bridgehead atoms. The van der Waals surface area contributed by atoms with Crippen LogP contribution in [0, 0.1) is 0 Å². The van der Waals surface area contributed by atoms with Gasteiger partial charge in [0, 0.05) is 25.4 Å². The quantitative estimate of drug-likeness (QED) is 0.860. The van der Waals surface area contributed by atoms with Crippen molar-refractivity contribution in [1.29, 1.82) is 0 Å². The third kappa shape index (κ3) is 3.14. The lowest BCUT2D eigenvalue weighted by Crippen LogP contribution is -2.32. The highest BCUT2D eigenvalue weighted by Crippen LogP contribution is 2.17. The Hall–Kier alpha value is -1.95. The summed E-state index contributed by atoms with van der Waals surface area (Å²) in [4.78, 5) is 22.1. The first kappa shape index (κ1) is 13.1. The van der Waals surface area contributed by atoms with Crippen LogP contribution in [0.1, 0.15) is 12.0 Å². The van der Waals surface area contributed by atoms with E-state index in [0.29, 0.717) is 18.8 Å². The Labute approximate surface area is 121 Å². The summed E-state index contributed by atoms with van der Waals surface area (Å²) in [7, 11) is 0. The molecule has 20 heavy (non-hydrogen) atoms. The van der Waals surface area contributed by atoms with Gasteiger partial charge in [-0.25, -0.2) is 4.98 Å². The molecule has 0 radical (unpaired) electrons. The molecule has 1 saturated heterocycles. The van der Waals surface area contributed by atoms with Crippen LogP contribution in [0.2, 0.25) is 0 Å². The first-order valence-electron chi connectivity index (χ1n) is 6.53. The van der Waals surface area contributed by atoms with Gasteiger partial charge in [0.15, 0.2) is 0 Å². The second-order valence-corrected chi connectivity index (χ2v) is 5.50. The number of amides is 1. The maximum absolute atomic E-state index is 12.2. The van der Waals surface area contributed by atoms with Gasteiger partial charge in [-0.05, 0) is 22.4 Å². The van der Waals surface area contributed by atoms with E-state index in [-0.39, 0.29) is 12.0 Å². The average Bonchev–Trinajstić information content (AvgIpc) is 3.11. The van der Waals surface area contributed by atoms with Crippen molar-refractivity contribution in [3.63, 3.8) is 0 Å². The summed E-state index contributed by atoms with van der Waals surface area (Å²) < 4.78 is 5.73. The van der Waals surface area contributed by atoms with Crippen LogP contribution in [-0.4, -0.2) is 40.0 Å². The largest absolute Gasteiger partial charge is 0.471 e. The molecule has 1 fully saturated rings. The first-order valence-corrected chi connectivity index (χ1v) is 7.47. The van der Waals surface area contributed by atoms with Crippen molar-refractivity contribution in [3.05, 3.63) is 41.0 Å². The van der Waals surface area contributed by atoms with Gasteiger partial charge in [0.05, 0.1) is 19.2 Å². The highest BCUT2D eigenvalue weighted by Gasteiger charge is 2.27. The maximum Gasteiger partial charge on any atom is 0.232 e. The smallest absolute Gasteiger partial charge is 0.232 e. The predicted octanol–water partition coefficient (Wildman–Crippen LogP) is 1.76. The molecule has 1 unspecified atom stereocenters. The Morgan fingerprint density at radius 1 is 1.50 bits per heavy atom. The summed E-state index contributed by atoms with van der Waals surface area (Å²) >= 11 is 1.62. The molecule has 6 heteroatoms. The van der Waals surface area contributed by atoms with Crippen molar-refractivity contribution >= 4 is 17.2 Å². The first-order chi connectivity index (χ1) is 9.81. The number of likely N-dealkylation sites (tertiary alicyclic amines) is 1. The summed E-state index contributed by atoms with van der Waals surface area (Å²) in [5, 5.41) is 4.01. The number of nitrogens with zero attached hydrogens (tertiary/aromatic N) is 3. The zero-order valence-electron chi connectivity index (χ0n) is 10.9. The Morgan fingerprint density at radius 3 is 3.20 bits per heavy atom. The van der Waals surface area contributed by atoms with Gasteiger partial charge in [0.1, 0.15) is 6.10 Å². The molecule has 2 aromatic rings. The van der Waals surface area contributed by atoms with Crippen LogP contribution < -0.4 is 4.74 Å². The van der Waals surface area contributed by atoms with E-state index in [1.807, 2.05) is 21.7 Å². The topological polar surface area (TPSA) is 55.3 Å². The Balaban J connectivity index is 1.53. The fraction of sp³-hybridized carbons (Fsp3) is 0.357. The molecule has 1 aliphatic rings. The van der Waals surface area contributed by atoms with Gasteiger partial charge in [0.25, 0.3) is 0 Å². The van der Waals surface area contributed by atoms with Gasteiger partial charge in [-0.1, -0.05) is 0 Å². The molecule has 2 aromatic heterocycles. The van der Waals surface area contributed by atoms with E-state index in [4.69, 9.17) is 4.74 Å². The lowest BCUT2D eigenvalue weighted by Gasteiger charge is -2.16. The van der Waals surface area contributed by atoms with Gasteiger partial charge < -0.3 is 9.64 Å². The lowest BCUT2D eigenvalue weighted by atomic mass is 10.2. The van der Waals surface area contributed by atoms with Crippen molar-refractivity contribution in [3.8, 4) is 5.88 Å². The monoisotopic (exact) mass is 289 g/mol. The minimum Gasteiger partial charge on any atom is -0.471 e. The minimum absolute atomic E-state index is 0.0122. The number of ether oxygens (including phenoxy) is 1. The normalized spacial score (nSPS) is 18.2. The van der Waals surface area contributed by atoms with Crippen molar-refractivity contribution in [2.45, 2.75) is 18.9 Å². The van der Waals surface area contributed by atoms with E-state index in [9.17, 15) is 4.79 Å². The van der Waals surface area contributed by atoms with Crippen LogP contribution in [0.4, 0.5) is 0 Å². The van der Waals surface area contributed by atoms with E-state index in [0.717, 1.165) is 18.5 Å². The van der Waals surface area contributed by atoms with Gasteiger partial charge in [-0.3, -0.25) is 9.78 Å². The number of carbonyl (C=O) groups is 1. The molecule has 0 spiro atoms. The summed E-state index contributed by atoms with van der Waals surface area (Å²) in [6, 6.07) is 1.99. The Bertz CT molecular complexity index is 559. The molecule has 1 aliphatic heterocycles. The molecule has 1 atom stereocenters.